The Labute approximate surface area is 226 Å². The number of aliphatic hydroxyl groups is 1. The van der Waals surface area contributed by atoms with Gasteiger partial charge in [-0.25, -0.2) is 4.79 Å². The fraction of sp³-hybridized carbons (Fsp3) is 0.774. The number of aromatic nitrogens is 1. The third kappa shape index (κ3) is 5.45. The topological polar surface area (TPSA) is 88.8 Å². The first-order chi connectivity index (χ1) is 18.2. The van der Waals surface area contributed by atoms with Gasteiger partial charge in [0.1, 0.15) is 0 Å². The van der Waals surface area contributed by atoms with Crippen LogP contribution in [0, 0.1) is 17.3 Å². The van der Waals surface area contributed by atoms with E-state index < -0.39 is 17.0 Å². The Morgan fingerprint density at radius 1 is 1.08 bits per heavy atom. The van der Waals surface area contributed by atoms with Gasteiger partial charge in [0.05, 0.1) is 24.3 Å². The molecule has 4 fully saturated rings. The van der Waals surface area contributed by atoms with Gasteiger partial charge in [-0.05, 0) is 62.8 Å². The number of nitrogens with zero attached hydrogens (tertiary/aromatic N) is 2. The number of carbonyl (C=O) groups excluding carboxylic acids is 2. The average Bonchev–Trinajstić information content (AvgIpc) is 3.65. The van der Waals surface area contributed by atoms with Crippen LogP contribution in [0.4, 0.5) is 0 Å². The molecule has 1 aromatic rings. The van der Waals surface area contributed by atoms with Crippen molar-refractivity contribution in [1.29, 1.82) is 0 Å². The van der Waals surface area contributed by atoms with Crippen LogP contribution < -0.4 is 5.56 Å². The van der Waals surface area contributed by atoms with Gasteiger partial charge in [0.2, 0.25) is 5.91 Å². The Bertz CT molecular complexity index is 1080. The van der Waals surface area contributed by atoms with Crippen LogP contribution in [-0.4, -0.2) is 51.7 Å². The summed E-state index contributed by atoms with van der Waals surface area (Å²) in [4.78, 5) is 41.5. The Morgan fingerprint density at radius 2 is 1.79 bits per heavy atom. The number of likely N-dealkylation sites (tertiary alicyclic amines) is 1. The summed E-state index contributed by atoms with van der Waals surface area (Å²) < 4.78 is 6.84. The molecule has 0 aromatic carbocycles. The fourth-order valence-corrected chi connectivity index (χ4v) is 7.73. The van der Waals surface area contributed by atoms with Crippen molar-refractivity contribution in [3.63, 3.8) is 0 Å². The molecule has 0 bridgehead atoms. The van der Waals surface area contributed by atoms with Crippen LogP contribution in [0.25, 0.3) is 0 Å². The van der Waals surface area contributed by atoms with E-state index in [1.807, 2.05) is 4.90 Å². The molecule has 1 spiro atoms. The van der Waals surface area contributed by atoms with Crippen molar-refractivity contribution in [2.75, 3.05) is 19.7 Å². The van der Waals surface area contributed by atoms with E-state index in [4.69, 9.17) is 4.74 Å². The van der Waals surface area contributed by atoms with Crippen LogP contribution >= 0.6 is 0 Å². The number of rotatable bonds is 8. The molecule has 2 unspecified atom stereocenters. The minimum atomic E-state index is -1.11. The Balaban J connectivity index is 1.35. The standard InChI is InChI=1S/C31H46N2O5/c1-3-38-29(36)26-19-33(27(34)18-25(26)24-11-12-24)21-31(37)15-16-32(20-30(31)13-7-8-14-30)28(35)22(2)17-23-9-5-4-6-10-23/h18-19,22-24,37H,3-17,20-21H2,1-2H3. The molecule has 3 saturated carbocycles. The van der Waals surface area contributed by atoms with E-state index in [0.29, 0.717) is 31.0 Å². The SMILES string of the molecule is CCOC(=O)c1cn(CC2(O)CCN(C(=O)C(C)CC3CCCCC3)CC23CCCC3)c(=O)cc1C1CC1. The van der Waals surface area contributed by atoms with Crippen LogP contribution in [0.5, 0.6) is 0 Å². The Kier molecular flexibility index (Phi) is 8.04. The van der Waals surface area contributed by atoms with E-state index >= 15 is 0 Å². The summed E-state index contributed by atoms with van der Waals surface area (Å²) in [5.41, 5.74) is -0.489. The van der Waals surface area contributed by atoms with Crippen molar-refractivity contribution in [3.05, 3.63) is 33.7 Å². The summed E-state index contributed by atoms with van der Waals surface area (Å²) in [6, 6.07) is 1.58. The lowest BCUT2D eigenvalue weighted by molar-refractivity contribution is -0.163. The van der Waals surface area contributed by atoms with Gasteiger partial charge in [-0.3, -0.25) is 9.59 Å². The minimum absolute atomic E-state index is 0.00692. The second-order valence-electron chi connectivity index (χ2n) is 12.8. The summed E-state index contributed by atoms with van der Waals surface area (Å²) in [5.74, 6) is 0.722. The van der Waals surface area contributed by atoms with Crippen molar-refractivity contribution in [2.45, 2.75) is 115 Å². The molecule has 1 N–H and O–H groups in total. The summed E-state index contributed by atoms with van der Waals surface area (Å²) in [5, 5.41) is 12.2. The van der Waals surface area contributed by atoms with Crippen LogP contribution in [0.1, 0.15) is 119 Å². The van der Waals surface area contributed by atoms with Crippen LogP contribution in [0.2, 0.25) is 0 Å². The molecule has 2 heterocycles. The highest BCUT2D eigenvalue weighted by Gasteiger charge is 2.56. The monoisotopic (exact) mass is 526 g/mol. The number of piperidine rings is 1. The van der Waals surface area contributed by atoms with E-state index in [1.165, 1.54) is 36.7 Å². The second kappa shape index (κ2) is 11.1. The molecule has 1 aromatic heterocycles. The van der Waals surface area contributed by atoms with E-state index in [2.05, 4.69) is 6.92 Å². The average molecular weight is 527 g/mol. The lowest BCUT2D eigenvalue weighted by Crippen LogP contribution is -2.62. The zero-order chi connectivity index (χ0) is 26.9. The lowest BCUT2D eigenvalue weighted by atomic mass is 9.65. The number of ether oxygens (including phenoxy) is 1. The zero-order valence-corrected chi connectivity index (χ0v) is 23.4. The largest absolute Gasteiger partial charge is 0.462 e. The van der Waals surface area contributed by atoms with Crippen molar-refractivity contribution in [2.24, 2.45) is 17.3 Å². The maximum Gasteiger partial charge on any atom is 0.339 e. The van der Waals surface area contributed by atoms with Gasteiger partial charge in [0.25, 0.3) is 5.56 Å². The molecule has 7 heteroatoms. The third-order valence-corrected chi connectivity index (χ3v) is 10.1. The van der Waals surface area contributed by atoms with Gasteiger partial charge in [-0.2, -0.15) is 0 Å². The zero-order valence-electron chi connectivity index (χ0n) is 23.4. The third-order valence-electron chi connectivity index (χ3n) is 10.1. The molecule has 0 radical (unpaired) electrons. The summed E-state index contributed by atoms with van der Waals surface area (Å²) in [6.45, 7) is 5.34. The Hall–Kier alpha value is -2.15. The quantitative estimate of drug-likeness (QED) is 0.480. The second-order valence-corrected chi connectivity index (χ2v) is 12.8. The predicted octanol–water partition coefficient (Wildman–Crippen LogP) is 5.03. The highest BCUT2D eigenvalue weighted by Crippen LogP contribution is 2.52. The van der Waals surface area contributed by atoms with Gasteiger partial charge in [-0.15, -0.1) is 0 Å². The van der Waals surface area contributed by atoms with Crippen molar-refractivity contribution >= 4 is 11.9 Å². The first kappa shape index (κ1) is 27.4. The van der Waals surface area contributed by atoms with Gasteiger partial charge < -0.3 is 19.3 Å². The number of pyridine rings is 1. The maximum atomic E-state index is 13.6. The molecule has 2 atom stereocenters. The van der Waals surface area contributed by atoms with E-state index in [1.54, 1.807) is 19.2 Å². The van der Waals surface area contributed by atoms with Crippen molar-refractivity contribution < 1.29 is 19.4 Å². The number of amides is 1. The smallest absolute Gasteiger partial charge is 0.339 e. The summed E-state index contributed by atoms with van der Waals surface area (Å²) >= 11 is 0. The molecule has 7 nitrogen and oxygen atoms in total. The highest BCUT2D eigenvalue weighted by atomic mass is 16.5. The summed E-state index contributed by atoms with van der Waals surface area (Å²) in [6.07, 6.45) is 15.1. The summed E-state index contributed by atoms with van der Waals surface area (Å²) in [7, 11) is 0. The highest BCUT2D eigenvalue weighted by molar-refractivity contribution is 5.91. The maximum absolute atomic E-state index is 13.6. The molecule has 5 rings (SSSR count). The predicted molar refractivity (Wildman–Crippen MR) is 146 cm³/mol. The van der Waals surface area contributed by atoms with Gasteiger partial charge in [-0.1, -0.05) is 51.9 Å². The van der Waals surface area contributed by atoms with Crippen molar-refractivity contribution in [3.8, 4) is 0 Å². The van der Waals surface area contributed by atoms with Crippen LogP contribution in [0.15, 0.2) is 17.1 Å². The number of hydrogen-bond donors (Lipinski definition) is 1. The number of esters is 1. The van der Waals surface area contributed by atoms with Crippen molar-refractivity contribution in [1.82, 2.24) is 9.47 Å². The Morgan fingerprint density at radius 3 is 2.45 bits per heavy atom. The molecule has 4 aliphatic rings. The molecule has 3 aliphatic carbocycles. The molecule has 38 heavy (non-hydrogen) atoms. The molecule has 1 aliphatic heterocycles. The van der Waals surface area contributed by atoms with E-state index in [9.17, 15) is 19.5 Å². The molecule has 210 valence electrons. The van der Waals surface area contributed by atoms with E-state index in [0.717, 1.165) is 50.5 Å². The van der Waals surface area contributed by atoms with Gasteiger partial charge >= 0.3 is 5.97 Å². The minimum Gasteiger partial charge on any atom is -0.462 e. The molecule has 1 saturated heterocycles. The first-order valence-corrected chi connectivity index (χ1v) is 15.2. The van der Waals surface area contributed by atoms with Crippen LogP contribution in [-0.2, 0) is 16.1 Å². The van der Waals surface area contributed by atoms with Crippen LogP contribution in [0.3, 0.4) is 0 Å². The van der Waals surface area contributed by atoms with Gasteiger partial charge in [0, 0.05) is 36.7 Å². The normalized spacial score (nSPS) is 26.4. The molecular formula is C31H46N2O5. The fourth-order valence-electron chi connectivity index (χ4n) is 7.73. The number of hydrogen-bond acceptors (Lipinski definition) is 5. The molecular weight excluding hydrogens is 480 g/mol. The van der Waals surface area contributed by atoms with Gasteiger partial charge in [0.15, 0.2) is 0 Å². The van der Waals surface area contributed by atoms with E-state index in [-0.39, 0.29) is 36.5 Å². The molecule has 1 amide bonds. The lowest BCUT2D eigenvalue weighted by Gasteiger charge is -2.53. The first-order valence-electron chi connectivity index (χ1n) is 15.2. The number of carbonyl (C=O) groups is 2.